The number of imidazole rings is 1. The van der Waals surface area contributed by atoms with Crippen LogP contribution in [0.15, 0.2) is 47.5 Å². The van der Waals surface area contributed by atoms with Crippen molar-refractivity contribution in [2.75, 3.05) is 13.7 Å². The summed E-state index contributed by atoms with van der Waals surface area (Å²) < 4.78 is 38.0. The summed E-state index contributed by atoms with van der Waals surface area (Å²) in [5, 5.41) is 11.1. The van der Waals surface area contributed by atoms with E-state index in [2.05, 4.69) is 10.3 Å². The fourth-order valence-corrected chi connectivity index (χ4v) is 4.33. The van der Waals surface area contributed by atoms with E-state index in [0.29, 0.717) is 27.5 Å². The van der Waals surface area contributed by atoms with Crippen molar-refractivity contribution in [1.29, 1.82) is 5.41 Å². The summed E-state index contributed by atoms with van der Waals surface area (Å²) in [6.07, 6.45) is 4.08. The third kappa shape index (κ3) is 2.74. The van der Waals surface area contributed by atoms with Gasteiger partial charge in [0.15, 0.2) is 0 Å². The molecule has 5 rings (SSSR count). The molecule has 0 saturated heterocycles. The maximum absolute atomic E-state index is 15.2. The van der Waals surface area contributed by atoms with Gasteiger partial charge < -0.3 is 15.5 Å². The van der Waals surface area contributed by atoms with Crippen molar-refractivity contribution in [2.45, 2.75) is 6.04 Å². The number of halogens is 2. The first-order chi connectivity index (χ1) is 15.5. The Bertz CT molecular complexity index is 1490. The zero-order valence-corrected chi connectivity index (χ0v) is 17.3. The van der Waals surface area contributed by atoms with E-state index in [9.17, 15) is 9.18 Å². The van der Waals surface area contributed by atoms with Crippen molar-refractivity contribution < 1.29 is 13.5 Å². The second-order valence-corrected chi connectivity index (χ2v) is 7.57. The average molecular weight is 435 g/mol. The number of nitrogens with zero attached hydrogens (tertiary/aromatic N) is 3. The lowest BCUT2D eigenvalue weighted by Crippen LogP contribution is -2.29. The highest BCUT2D eigenvalue weighted by molar-refractivity contribution is 6.15. The third-order valence-corrected chi connectivity index (χ3v) is 5.81. The molecular weight excluding hydrogens is 416 g/mol. The van der Waals surface area contributed by atoms with E-state index < -0.39 is 11.9 Å². The highest BCUT2D eigenvalue weighted by Crippen LogP contribution is 2.42. The Morgan fingerprint density at radius 3 is 2.75 bits per heavy atom. The summed E-state index contributed by atoms with van der Waals surface area (Å²) in [7, 11) is 3.30. The molecule has 0 bridgehead atoms. The monoisotopic (exact) mass is 435 g/mol. The maximum Gasteiger partial charge on any atom is 0.329 e. The first kappa shape index (κ1) is 19.9. The number of aromatic nitrogens is 3. The molecule has 2 aromatic carbocycles. The first-order valence-corrected chi connectivity index (χ1v) is 9.95. The van der Waals surface area contributed by atoms with Gasteiger partial charge in [0, 0.05) is 38.1 Å². The van der Waals surface area contributed by atoms with Gasteiger partial charge in [-0.2, -0.15) is 0 Å². The molecule has 2 N–H and O–H groups in total. The minimum absolute atomic E-state index is 0.00964. The van der Waals surface area contributed by atoms with Crippen LogP contribution >= 0.6 is 0 Å². The van der Waals surface area contributed by atoms with Crippen molar-refractivity contribution >= 4 is 33.7 Å². The summed E-state index contributed by atoms with van der Waals surface area (Å²) in [6, 6.07) is 6.58. The normalized spacial score (nSPS) is 15.8. The number of allylic oxidation sites excluding steroid dienone is 1. The highest BCUT2D eigenvalue weighted by atomic mass is 19.1. The molecule has 162 valence electrons. The van der Waals surface area contributed by atoms with Crippen LogP contribution in [0.5, 0.6) is 5.75 Å². The van der Waals surface area contributed by atoms with Gasteiger partial charge in [0.25, 0.3) is 0 Å². The molecule has 4 aromatic rings. The molecule has 0 fully saturated rings. The van der Waals surface area contributed by atoms with Crippen molar-refractivity contribution in [3.8, 4) is 5.75 Å². The molecule has 1 unspecified atom stereocenters. The number of aryl methyl sites for hydroxylation is 1. The molecule has 0 spiro atoms. The van der Waals surface area contributed by atoms with Gasteiger partial charge in [0.1, 0.15) is 24.0 Å². The Morgan fingerprint density at radius 2 is 2.06 bits per heavy atom. The lowest BCUT2D eigenvalue weighted by molar-refractivity contribution is 0.276. The maximum atomic E-state index is 15.2. The van der Waals surface area contributed by atoms with Crippen LogP contribution in [0.4, 0.5) is 8.78 Å². The van der Waals surface area contributed by atoms with E-state index >= 15 is 4.39 Å². The lowest BCUT2D eigenvalue weighted by atomic mass is 10.0. The fraction of sp³-hybridized carbons (Fsp3) is 0.174. The van der Waals surface area contributed by atoms with Gasteiger partial charge in [-0.15, -0.1) is 0 Å². The molecule has 0 saturated carbocycles. The van der Waals surface area contributed by atoms with Crippen LogP contribution in [0.3, 0.4) is 0 Å². The summed E-state index contributed by atoms with van der Waals surface area (Å²) in [5.41, 5.74) is 2.24. The number of benzene rings is 2. The minimum Gasteiger partial charge on any atom is -0.489 e. The highest BCUT2D eigenvalue weighted by Gasteiger charge is 2.31. The zero-order chi connectivity index (χ0) is 22.6. The number of hydrogen-bond acceptors (Lipinski definition) is 5. The van der Waals surface area contributed by atoms with E-state index in [-0.39, 0.29) is 35.0 Å². The number of hydrogen-bond donors (Lipinski definition) is 2. The van der Waals surface area contributed by atoms with Crippen molar-refractivity contribution in [3.63, 3.8) is 0 Å². The fourth-order valence-electron chi connectivity index (χ4n) is 4.33. The van der Waals surface area contributed by atoms with Gasteiger partial charge in [0.2, 0.25) is 0 Å². The second kappa shape index (κ2) is 7.30. The number of pyridine rings is 1. The smallest absolute Gasteiger partial charge is 0.329 e. The molecule has 3 heterocycles. The van der Waals surface area contributed by atoms with E-state index in [1.807, 2.05) is 0 Å². The average Bonchev–Trinajstić information content (AvgIpc) is 2.93. The van der Waals surface area contributed by atoms with E-state index in [1.165, 1.54) is 35.2 Å². The number of rotatable bonds is 4. The van der Waals surface area contributed by atoms with E-state index in [0.717, 1.165) is 6.21 Å². The van der Waals surface area contributed by atoms with Gasteiger partial charge >= 0.3 is 5.69 Å². The summed E-state index contributed by atoms with van der Waals surface area (Å²) in [6.45, 7) is 0.00964. The molecule has 7 nitrogen and oxygen atoms in total. The molecule has 9 heteroatoms. The predicted octanol–water partition coefficient (Wildman–Crippen LogP) is 3.36. The Labute approximate surface area is 181 Å². The van der Waals surface area contributed by atoms with Crippen LogP contribution in [0, 0.1) is 17.0 Å². The molecule has 1 aliphatic rings. The zero-order valence-electron chi connectivity index (χ0n) is 17.3. The Balaban J connectivity index is 1.92. The molecule has 0 aliphatic carbocycles. The van der Waals surface area contributed by atoms with Crippen molar-refractivity contribution in [3.05, 3.63) is 76.0 Å². The summed E-state index contributed by atoms with van der Waals surface area (Å²) in [4.78, 5) is 17.6. The number of ether oxygens (including phenoxy) is 1. The topological polar surface area (TPSA) is 84.9 Å². The minimum atomic E-state index is -0.589. The molecule has 2 aromatic heterocycles. The molecule has 1 aliphatic heterocycles. The van der Waals surface area contributed by atoms with Gasteiger partial charge in [-0.25, -0.2) is 13.6 Å². The van der Waals surface area contributed by atoms with Crippen LogP contribution in [-0.2, 0) is 7.05 Å². The Morgan fingerprint density at radius 1 is 1.31 bits per heavy atom. The Hall–Kier alpha value is -4.01. The molecule has 1 atom stereocenters. The lowest BCUT2D eigenvalue weighted by Gasteiger charge is -2.18. The van der Waals surface area contributed by atoms with Gasteiger partial charge in [0.05, 0.1) is 39.7 Å². The van der Waals surface area contributed by atoms with E-state index in [1.54, 1.807) is 30.8 Å². The molecule has 0 radical (unpaired) electrons. The SMILES string of the molecule is CN/C=C(\C=N)c1c(F)cc2ncc3c4c2c1OCC(c1ccc(F)cc1)n4c(=O)n3C. The first-order valence-electron chi connectivity index (χ1n) is 9.95. The van der Waals surface area contributed by atoms with Crippen molar-refractivity contribution in [1.82, 2.24) is 19.4 Å². The summed E-state index contributed by atoms with van der Waals surface area (Å²) in [5.74, 6) is -0.762. The van der Waals surface area contributed by atoms with Gasteiger partial charge in [-0.3, -0.25) is 14.1 Å². The van der Waals surface area contributed by atoms with Crippen LogP contribution in [0.25, 0.3) is 27.5 Å². The van der Waals surface area contributed by atoms with Crippen molar-refractivity contribution in [2.24, 2.45) is 7.05 Å². The van der Waals surface area contributed by atoms with Crippen LogP contribution in [0.1, 0.15) is 17.2 Å². The second-order valence-electron chi connectivity index (χ2n) is 7.57. The van der Waals surface area contributed by atoms with Gasteiger partial charge in [-0.05, 0) is 17.7 Å². The van der Waals surface area contributed by atoms with Crippen LogP contribution in [-0.4, -0.2) is 34.0 Å². The van der Waals surface area contributed by atoms with Gasteiger partial charge in [-0.1, -0.05) is 12.1 Å². The molecule has 0 amide bonds. The molecule has 32 heavy (non-hydrogen) atoms. The summed E-state index contributed by atoms with van der Waals surface area (Å²) >= 11 is 0. The van der Waals surface area contributed by atoms with E-state index in [4.69, 9.17) is 10.1 Å². The standard InChI is InChI=1S/C23H19F2N5O2/c1-27-9-13(8-26)19-15(25)7-16-20-21-17(10-28-16)29(2)23(31)30(21)18(11-32-22(19)20)12-3-5-14(24)6-4-12/h3-10,18,26-27H,11H2,1-2H3/b13-9+,26-8?. The molecular formula is C23H19F2N5O2. The van der Waals surface area contributed by atoms with Crippen LogP contribution in [0.2, 0.25) is 0 Å². The number of nitrogens with one attached hydrogen (secondary N) is 2. The quantitative estimate of drug-likeness (QED) is 0.482. The third-order valence-electron chi connectivity index (χ3n) is 5.81. The van der Waals surface area contributed by atoms with Crippen LogP contribution < -0.4 is 15.7 Å². The largest absolute Gasteiger partial charge is 0.489 e. The predicted molar refractivity (Wildman–Crippen MR) is 118 cm³/mol. The Kier molecular flexibility index (Phi) is 4.54.